The first-order chi connectivity index (χ1) is 4.87. The molecule has 2 heteroatoms. The highest BCUT2D eigenvalue weighted by Crippen LogP contribution is 2.26. The van der Waals surface area contributed by atoms with Crippen LogP contribution in [0, 0.1) is 0 Å². The Morgan fingerprint density at radius 1 is 1.36 bits per heavy atom. The lowest BCUT2D eigenvalue weighted by Crippen LogP contribution is -2.12. The maximum absolute atomic E-state index is 11.3. The molecular formula is C9H16OS. The second kappa shape index (κ2) is 3.96. The van der Waals surface area contributed by atoms with Crippen molar-refractivity contribution in [2.45, 2.75) is 39.4 Å². The fraction of sp³-hybridized carbons (Fsp3) is 0.667. The maximum Gasteiger partial charge on any atom is 0.215 e. The van der Waals surface area contributed by atoms with Crippen molar-refractivity contribution in [1.82, 2.24) is 0 Å². The summed E-state index contributed by atoms with van der Waals surface area (Å²) in [5, 5.41) is 0.181. The van der Waals surface area contributed by atoms with Crippen LogP contribution in [0.5, 0.6) is 0 Å². The molecule has 0 heterocycles. The number of hydrogen-bond acceptors (Lipinski definition) is 2. The van der Waals surface area contributed by atoms with Gasteiger partial charge in [-0.3, -0.25) is 4.79 Å². The molecule has 0 rings (SSSR count). The molecule has 0 saturated carbocycles. The molecule has 0 aliphatic carbocycles. The van der Waals surface area contributed by atoms with Crippen LogP contribution in [0.15, 0.2) is 11.6 Å². The third-order valence-corrected chi connectivity index (χ3v) is 2.27. The van der Waals surface area contributed by atoms with E-state index in [-0.39, 0.29) is 9.86 Å². The Morgan fingerprint density at radius 3 is 2.09 bits per heavy atom. The minimum absolute atomic E-state index is 0.0291. The first-order valence-electron chi connectivity index (χ1n) is 3.73. The van der Waals surface area contributed by atoms with Crippen molar-refractivity contribution in [3.63, 3.8) is 0 Å². The van der Waals surface area contributed by atoms with E-state index in [0.717, 1.165) is 5.57 Å². The number of carbonyl (C=O) groups is 1. The van der Waals surface area contributed by atoms with Crippen LogP contribution < -0.4 is 0 Å². The molecule has 11 heavy (non-hydrogen) atoms. The molecule has 0 aromatic heterocycles. The van der Waals surface area contributed by atoms with E-state index >= 15 is 0 Å². The van der Waals surface area contributed by atoms with Crippen LogP contribution in [0.4, 0.5) is 0 Å². The van der Waals surface area contributed by atoms with E-state index in [4.69, 9.17) is 0 Å². The predicted octanol–water partition coefficient (Wildman–Crippen LogP) is 3.01. The maximum atomic E-state index is 11.3. The zero-order valence-electron chi connectivity index (χ0n) is 7.89. The molecule has 0 aliphatic rings. The molecule has 64 valence electrons. The standard InChI is InChI=1S/C9H16OS/c1-6-7(2)8(10)11-9(3,4)5/h6H,1-5H3/b7-6+. The fourth-order valence-electron chi connectivity index (χ4n) is 0.476. The van der Waals surface area contributed by atoms with Crippen molar-refractivity contribution in [2.24, 2.45) is 0 Å². The lowest BCUT2D eigenvalue weighted by molar-refractivity contribution is -0.107. The quantitative estimate of drug-likeness (QED) is 0.565. The second-order valence-corrected chi connectivity index (χ2v) is 5.27. The van der Waals surface area contributed by atoms with Crippen LogP contribution in [0.25, 0.3) is 0 Å². The van der Waals surface area contributed by atoms with Crippen molar-refractivity contribution in [3.05, 3.63) is 11.6 Å². The van der Waals surface area contributed by atoms with E-state index in [0.29, 0.717) is 0 Å². The highest BCUT2D eigenvalue weighted by atomic mass is 32.2. The summed E-state index contributed by atoms with van der Waals surface area (Å²) in [5.74, 6) is 0. The molecule has 0 spiro atoms. The highest BCUT2D eigenvalue weighted by molar-refractivity contribution is 8.15. The Morgan fingerprint density at radius 2 is 1.82 bits per heavy atom. The van der Waals surface area contributed by atoms with Crippen LogP contribution in [0.1, 0.15) is 34.6 Å². The summed E-state index contributed by atoms with van der Waals surface area (Å²) in [6.45, 7) is 9.85. The normalized spacial score (nSPS) is 13.4. The van der Waals surface area contributed by atoms with Crippen LogP contribution >= 0.6 is 11.8 Å². The van der Waals surface area contributed by atoms with E-state index in [1.807, 2.05) is 40.7 Å². The molecule has 0 radical (unpaired) electrons. The average Bonchev–Trinajstić information content (AvgIpc) is 1.82. The van der Waals surface area contributed by atoms with Crippen molar-refractivity contribution in [2.75, 3.05) is 0 Å². The van der Waals surface area contributed by atoms with Gasteiger partial charge in [0, 0.05) is 4.75 Å². The van der Waals surface area contributed by atoms with Crippen LogP contribution in [0.3, 0.4) is 0 Å². The predicted molar refractivity (Wildman–Crippen MR) is 51.8 cm³/mol. The van der Waals surface area contributed by atoms with Gasteiger partial charge in [0.15, 0.2) is 0 Å². The summed E-state index contributed by atoms with van der Waals surface area (Å²) >= 11 is 1.38. The van der Waals surface area contributed by atoms with Gasteiger partial charge < -0.3 is 0 Å². The monoisotopic (exact) mass is 172 g/mol. The molecular weight excluding hydrogens is 156 g/mol. The Kier molecular flexibility index (Phi) is 3.87. The topological polar surface area (TPSA) is 17.1 Å². The number of rotatable bonds is 1. The summed E-state index contributed by atoms with van der Waals surface area (Å²) < 4.78 is 0.0291. The van der Waals surface area contributed by atoms with Gasteiger partial charge in [0.05, 0.1) is 0 Å². The van der Waals surface area contributed by atoms with Crippen LogP contribution in [0.2, 0.25) is 0 Å². The smallest absolute Gasteiger partial charge is 0.215 e. The first kappa shape index (κ1) is 10.8. The number of carbonyl (C=O) groups excluding carboxylic acids is 1. The summed E-state index contributed by atoms with van der Waals surface area (Å²) in [6, 6.07) is 0. The van der Waals surface area contributed by atoms with E-state index in [2.05, 4.69) is 0 Å². The van der Waals surface area contributed by atoms with Crippen LogP contribution in [-0.4, -0.2) is 9.86 Å². The zero-order valence-corrected chi connectivity index (χ0v) is 8.71. The average molecular weight is 172 g/mol. The Bertz CT molecular complexity index is 174. The molecule has 1 nitrogen and oxygen atoms in total. The van der Waals surface area contributed by atoms with Gasteiger partial charge in [-0.15, -0.1) is 0 Å². The highest BCUT2D eigenvalue weighted by Gasteiger charge is 2.16. The molecule has 0 fully saturated rings. The fourth-order valence-corrected chi connectivity index (χ4v) is 1.31. The molecule has 0 N–H and O–H groups in total. The SMILES string of the molecule is C/C=C(\C)C(=O)SC(C)(C)C. The minimum atomic E-state index is 0.0291. The molecule has 0 aliphatic heterocycles. The molecule has 0 amide bonds. The zero-order chi connectivity index (χ0) is 9.07. The second-order valence-electron chi connectivity index (χ2n) is 3.47. The van der Waals surface area contributed by atoms with Gasteiger partial charge in [0.2, 0.25) is 5.12 Å². The van der Waals surface area contributed by atoms with E-state index < -0.39 is 0 Å². The molecule has 0 saturated heterocycles. The minimum Gasteiger partial charge on any atom is -0.282 e. The molecule has 0 aromatic rings. The lowest BCUT2D eigenvalue weighted by Gasteiger charge is -2.15. The van der Waals surface area contributed by atoms with Gasteiger partial charge in [0.25, 0.3) is 0 Å². The number of thioether (sulfide) groups is 1. The molecule has 0 aromatic carbocycles. The first-order valence-corrected chi connectivity index (χ1v) is 4.54. The van der Waals surface area contributed by atoms with Gasteiger partial charge >= 0.3 is 0 Å². The Hall–Kier alpha value is -0.240. The van der Waals surface area contributed by atoms with Gasteiger partial charge in [-0.05, 0) is 19.4 Å². The molecule has 0 unspecified atom stereocenters. The van der Waals surface area contributed by atoms with Crippen molar-refractivity contribution in [3.8, 4) is 0 Å². The lowest BCUT2D eigenvalue weighted by atomic mass is 10.3. The summed E-state index contributed by atoms with van der Waals surface area (Å²) in [6.07, 6.45) is 1.85. The summed E-state index contributed by atoms with van der Waals surface area (Å²) in [4.78, 5) is 11.3. The largest absolute Gasteiger partial charge is 0.282 e. The van der Waals surface area contributed by atoms with Gasteiger partial charge in [-0.1, -0.05) is 38.6 Å². The Balaban J connectivity index is 4.10. The van der Waals surface area contributed by atoms with E-state index in [9.17, 15) is 4.79 Å². The third kappa shape index (κ3) is 5.08. The van der Waals surface area contributed by atoms with E-state index in [1.54, 1.807) is 0 Å². The van der Waals surface area contributed by atoms with Gasteiger partial charge in [0.1, 0.15) is 0 Å². The molecule has 0 atom stereocenters. The summed E-state index contributed by atoms with van der Waals surface area (Å²) in [7, 11) is 0. The van der Waals surface area contributed by atoms with Gasteiger partial charge in [-0.25, -0.2) is 0 Å². The van der Waals surface area contributed by atoms with Crippen molar-refractivity contribution in [1.29, 1.82) is 0 Å². The number of allylic oxidation sites excluding steroid dienone is 1. The van der Waals surface area contributed by atoms with Crippen molar-refractivity contribution >= 4 is 16.9 Å². The van der Waals surface area contributed by atoms with E-state index in [1.165, 1.54) is 11.8 Å². The third-order valence-electron chi connectivity index (χ3n) is 1.15. The summed E-state index contributed by atoms with van der Waals surface area (Å²) in [5.41, 5.74) is 0.838. The number of hydrogen-bond donors (Lipinski definition) is 0. The van der Waals surface area contributed by atoms with Gasteiger partial charge in [-0.2, -0.15) is 0 Å². The Labute approximate surface area is 73.3 Å². The van der Waals surface area contributed by atoms with Crippen molar-refractivity contribution < 1.29 is 4.79 Å². The molecule has 0 bridgehead atoms. The van der Waals surface area contributed by atoms with Crippen LogP contribution in [-0.2, 0) is 4.79 Å².